The molecule has 9 heteroatoms. The highest BCUT2D eigenvalue weighted by Crippen LogP contribution is 2.32. The monoisotopic (exact) mass is 365 g/mol. The van der Waals surface area contributed by atoms with Crippen LogP contribution in [0, 0.1) is 29.8 Å². The molecule has 2 aromatic heterocycles. The van der Waals surface area contributed by atoms with Crippen molar-refractivity contribution in [3.8, 4) is 0 Å². The van der Waals surface area contributed by atoms with Crippen molar-refractivity contribution < 1.29 is 9.31 Å². The Morgan fingerprint density at radius 1 is 1.42 bits per heavy atom. The smallest absolute Gasteiger partial charge is 0.285 e. The number of nitrogens with zero attached hydrogens (tertiary/aromatic N) is 2. The first kappa shape index (κ1) is 16.6. The maximum Gasteiger partial charge on any atom is 0.285 e. The molecule has 0 atom stereocenters. The SMILES string of the molecule is Cc1sc2nc(CSc3ccc(F)cc3[N+](=O)[O-])[nH]c(=O)c2c1C. The first-order chi connectivity index (χ1) is 11.4. The van der Waals surface area contributed by atoms with E-state index in [1.54, 1.807) is 0 Å². The number of nitro groups is 1. The summed E-state index contributed by atoms with van der Waals surface area (Å²) in [5.41, 5.74) is 0.398. The molecule has 1 N–H and O–H groups in total. The molecular weight excluding hydrogens is 353 g/mol. The summed E-state index contributed by atoms with van der Waals surface area (Å²) in [4.78, 5) is 31.7. The number of thiophene rings is 1. The van der Waals surface area contributed by atoms with Crippen molar-refractivity contribution in [1.82, 2.24) is 9.97 Å². The number of thioether (sulfide) groups is 1. The Morgan fingerprint density at radius 2 is 2.17 bits per heavy atom. The van der Waals surface area contributed by atoms with Gasteiger partial charge < -0.3 is 4.98 Å². The number of nitrogens with one attached hydrogen (secondary N) is 1. The Labute approximate surface area is 143 Å². The van der Waals surface area contributed by atoms with Crippen molar-refractivity contribution in [2.75, 3.05) is 0 Å². The van der Waals surface area contributed by atoms with Gasteiger partial charge in [0.15, 0.2) is 0 Å². The molecule has 0 aliphatic carbocycles. The lowest BCUT2D eigenvalue weighted by molar-refractivity contribution is -0.387. The summed E-state index contributed by atoms with van der Waals surface area (Å²) in [5.74, 6) is 0.00843. The van der Waals surface area contributed by atoms with Crippen molar-refractivity contribution >= 4 is 39.0 Å². The fourth-order valence-electron chi connectivity index (χ4n) is 2.27. The molecule has 6 nitrogen and oxygen atoms in total. The summed E-state index contributed by atoms with van der Waals surface area (Å²) in [6.45, 7) is 3.80. The maximum absolute atomic E-state index is 13.2. The van der Waals surface area contributed by atoms with Gasteiger partial charge in [0.1, 0.15) is 16.5 Å². The molecule has 0 aliphatic rings. The molecule has 0 radical (unpaired) electrons. The van der Waals surface area contributed by atoms with E-state index >= 15 is 0 Å². The number of aromatic nitrogens is 2. The molecule has 0 amide bonds. The molecule has 0 unspecified atom stereocenters. The Kier molecular flexibility index (Phi) is 4.37. The minimum Gasteiger partial charge on any atom is -0.309 e. The fraction of sp³-hybridized carbons (Fsp3) is 0.200. The summed E-state index contributed by atoms with van der Waals surface area (Å²) in [5, 5.41) is 11.6. The third kappa shape index (κ3) is 3.04. The van der Waals surface area contributed by atoms with E-state index in [1.165, 1.54) is 23.5 Å². The standard InChI is InChI=1S/C15H12FN3O3S2/c1-7-8(2)24-15-13(7)14(20)17-12(18-15)6-23-11-4-3-9(16)5-10(11)19(21)22/h3-5H,6H2,1-2H3,(H,17,18,20). The summed E-state index contributed by atoms with van der Waals surface area (Å²) in [6, 6.07) is 3.41. The second kappa shape index (κ2) is 6.33. The molecule has 0 saturated carbocycles. The van der Waals surface area contributed by atoms with Crippen molar-refractivity contribution in [2.24, 2.45) is 0 Å². The highest BCUT2D eigenvalue weighted by molar-refractivity contribution is 7.98. The van der Waals surface area contributed by atoms with Crippen LogP contribution in [0.15, 0.2) is 27.9 Å². The number of aryl methyl sites for hydroxylation is 2. The van der Waals surface area contributed by atoms with Crippen LogP contribution in [0.3, 0.4) is 0 Å². The van der Waals surface area contributed by atoms with Crippen LogP contribution in [-0.2, 0) is 5.75 Å². The number of H-pyrrole nitrogens is 1. The summed E-state index contributed by atoms with van der Waals surface area (Å²) in [7, 11) is 0. The van der Waals surface area contributed by atoms with Crippen LogP contribution < -0.4 is 5.56 Å². The van der Waals surface area contributed by atoms with E-state index in [4.69, 9.17) is 0 Å². The van der Waals surface area contributed by atoms with Gasteiger partial charge in [-0.3, -0.25) is 14.9 Å². The van der Waals surface area contributed by atoms with Crippen molar-refractivity contribution in [1.29, 1.82) is 0 Å². The average Bonchev–Trinajstić information content (AvgIpc) is 2.81. The van der Waals surface area contributed by atoms with Crippen LogP contribution >= 0.6 is 23.1 Å². The minimum absolute atomic E-state index is 0.217. The van der Waals surface area contributed by atoms with E-state index < -0.39 is 10.7 Å². The van der Waals surface area contributed by atoms with Gasteiger partial charge >= 0.3 is 0 Å². The molecule has 0 bridgehead atoms. The van der Waals surface area contributed by atoms with Gasteiger partial charge in [-0.1, -0.05) is 0 Å². The molecular formula is C15H12FN3O3S2. The van der Waals surface area contributed by atoms with Crippen LogP contribution in [-0.4, -0.2) is 14.9 Å². The summed E-state index contributed by atoms with van der Waals surface area (Å²) < 4.78 is 13.2. The molecule has 3 rings (SSSR count). The highest BCUT2D eigenvalue weighted by atomic mass is 32.2. The van der Waals surface area contributed by atoms with Gasteiger partial charge in [0.2, 0.25) is 0 Å². The molecule has 0 fully saturated rings. The van der Waals surface area contributed by atoms with Crippen molar-refractivity contribution in [2.45, 2.75) is 24.5 Å². The van der Waals surface area contributed by atoms with Crippen molar-refractivity contribution in [3.05, 3.63) is 60.7 Å². The van der Waals surface area contributed by atoms with Gasteiger partial charge in [0, 0.05) is 4.88 Å². The lowest BCUT2D eigenvalue weighted by Crippen LogP contribution is -2.10. The number of nitro benzene ring substituents is 1. The quantitative estimate of drug-likeness (QED) is 0.430. The lowest BCUT2D eigenvalue weighted by atomic mass is 10.2. The highest BCUT2D eigenvalue weighted by Gasteiger charge is 2.17. The molecule has 0 saturated heterocycles. The Bertz CT molecular complexity index is 1010. The number of benzene rings is 1. The van der Waals surface area contributed by atoms with E-state index in [9.17, 15) is 19.3 Å². The van der Waals surface area contributed by atoms with E-state index in [0.717, 1.165) is 28.3 Å². The first-order valence-electron chi connectivity index (χ1n) is 6.92. The van der Waals surface area contributed by atoms with E-state index in [2.05, 4.69) is 9.97 Å². The summed E-state index contributed by atoms with van der Waals surface area (Å²) in [6.07, 6.45) is 0. The van der Waals surface area contributed by atoms with Crippen LogP contribution in [0.25, 0.3) is 10.2 Å². The third-order valence-corrected chi connectivity index (χ3v) is 5.75. The van der Waals surface area contributed by atoms with E-state index in [0.29, 0.717) is 20.9 Å². The number of fused-ring (bicyclic) bond motifs is 1. The molecule has 3 aromatic rings. The molecule has 24 heavy (non-hydrogen) atoms. The molecule has 0 spiro atoms. The van der Waals surface area contributed by atoms with Gasteiger partial charge in [0.25, 0.3) is 11.2 Å². The largest absolute Gasteiger partial charge is 0.309 e. The number of hydrogen-bond donors (Lipinski definition) is 1. The zero-order valence-corrected chi connectivity index (χ0v) is 14.4. The number of halogens is 1. The Balaban J connectivity index is 1.92. The van der Waals surface area contributed by atoms with Gasteiger partial charge in [-0.05, 0) is 31.5 Å². The van der Waals surface area contributed by atoms with E-state index in [-0.39, 0.29) is 17.0 Å². The zero-order valence-electron chi connectivity index (χ0n) is 12.8. The van der Waals surface area contributed by atoms with Gasteiger partial charge in [-0.15, -0.1) is 23.1 Å². The molecule has 124 valence electrons. The van der Waals surface area contributed by atoms with Crippen LogP contribution in [0.2, 0.25) is 0 Å². The molecule has 1 aromatic carbocycles. The first-order valence-corrected chi connectivity index (χ1v) is 8.72. The fourth-order valence-corrected chi connectivity index (χ4v) is 4.19. The number of aromatic amines is 1. The molecule has 0 aliphatic heterocycles. The van der Waals surface area contributed by atoms with Gasteiger partial charge in [-0.25, -0.2) is 9.37 Å². The predicted octanol–water partition coefficient (Wildman–Crippen LogP) is 3.94. The Hall–Kier alpha value is -2.26. The zero-order chi connectivity index (χ0) is 17.4. The second-order valence-corrected chi connectivity index (χ2v) is 7.35. The molecule has 2 heterocycles. The van der Waals surface area contributed by atoms with E-state index in [1.807, 2.05) is 13.8 Å². The van der Waals surface area contributed by atoms with Crippen LogP contribution in [0.5, 0.6) is 0 Å². The average molecular weight is 365 g/mol. The third-order valence-electron chi connectivity index (χ3n) is 3.57. The summed E-state index contributed by atoms with van der Waals surface area (Å²) >= 11 is 2.57. The van der Waals surface area contributed by atoms with Crippen LogP contribution in [0.1, 0.15) is 16.3 Å². The number of rotatable bonds is 4. The topological polar surface area (TPSA) is 88.9 Å². The minimum atomic E-state index is -0.663. The normalized spacial score (nSPS) is 11.1. The predicted molar refractivity (Wildman–Crippen MR) is 92.3 cm³/mol. The van der Waals surface area contributed by atoms with Gasteiger partial charge in [-0.2, -0.15) is 0 Å². The van der Waals surface area contributed by atoms with Gasteiger partial charge in [0.05, 0.1) is 27.0 Å². The lowest BCUT2D eigenvalue weighted by Gasteiger charge is -2.03. The van der Waals surface area contributed by atoms with Crippen LogP contribution in [0.4, 0.5) is 10.1 Å². The maximum atomic E-state index is 13.2. The Morgan fingerprint density at radius 3 is 2.88 bits per heavy atom. The second-order valence-electron chi connectivity index (χ2n) is 5.13. The van der Waals surface area contributed by atoms with Crippen molar-refractivity contribution in [3.63, 3.8) is 0 Å². The number of hydrogen-bond acceptors (Lipinski definition) is 6.